The summed E-state index contributed by atoms with van der Waals surface area (Å²) in [7, 11) is 0. The van der Waals surface area contributed by atoms with E-state index in [0.29, 0.717) is 6.61 Å². The SMILES string of the molecule is CCNC(COC1CCOC1)c1ccc2ccccc2c1. The number of fused-ring (bicyclic) bond motifs is 1. The third-order valence-electron chi connectivity index (χ3n) is 4.01. The first-order valence-corrected chi connectivity index (χ1v) is 7.78. The molecule has 1 saturated heterocycles. The van der Waals surface area contributed by atoms with Crippen LogP contribution in [0.15, 0.2) is 42.5 Å². The van der Waals surface area contributed by atoms with Gasteiger partial charge in [0.25, 0.3) is 0 Å². The zero-order chi connectivity index (χ0) is 14.5. The number of likely N-dealkylation sites (N-methyl/N-ethyl adjacent to an activating group) is 1. The van der Waals surface area contributed by atoms with Crippen molar-refractivity contribution in [3.05, 3.63) is 48.0 Å². The van der Waals surface area contributed by atoms with Crippen LogP contribution in [0.25, 0.3) is 10.8 Å². The number of benzene rings is 2. The molecule has 112 valence electrons. The molecule has 2 atom stereocenters. The highest BCUT2D eigenvalue weighted by atomic mass is 16.5. The molecule has 2 aromatic carbocycles. The fraction of sp³-hybridized carbons (Fsp3) is 0.444. The second-order valence-electron chi connectivity index (χ2n) is 5.54. The Morgan fingerprint density at radius 1 is 1.24 bits per heavy atom. The maximum absolute atomic E-state index is 6.00. The second-order valence-corrected chi connectivity index (χ2v) is 5.54. The molecule has 2 unspecified atom stereocenters. The van der Waals surface area contributed by atoms with Crippen LogP contribution in [-0.2, 0) is 9.47 Å². The van der Waals surface area contributed by atoms with Crippen molar-refractivity contribution in [3.63, 3.8) is 0 Å². The van der Waals surface area contributed by atoms with Gasteiger partial charge in [0.2, 0.25) is 0 Å². The quantitative estimate of drug-likeness (QED) is 0.883. The Kier molecular flexibility index (Phi) is 4.86. The topological polar surface area (TPSA) is 30.5 Å². The summed E-state index contributed by atoms with van der Waals surface area (Å²) in [5, 5.41) is 6.08. The zero-order valence-corrected chi connectivity index (χ0v) is 12.5. The molecule has 1 aliphatic rings. The highest BCUT2D eigenvalue weighted by Crippen LogP contribution is 2.22. The second kappa shape index (κ2) is 7.03. The van der Waals surface area contributed by atoms with E-state index in [1.54, 1.807) is 0 Å². The summed E-state index contributed by atoms with van der Waals surface area (Å²) < 4.78 is 11.4. The molecule has 2 aromatic rings. The van der Waals surface area contributed by atoms with E-state index >= 15 is 0 Å². The van der Waals surface area contributed by atoms with Crippen molar-refractivity contribution in [2.24, 2.45) is 0 Å². The summed E-state index contributed by atoms with van der Waals surface area (Å²) in [5.41, 5.74) is 1.29. The highest BCUT2D eigenvalue weighted by Gasteiger charge is 2.19. The minimum absolute atomic E-state index is 0.236. The summed E-state index contributed by atoms with van der Waals surface area (Å²) in [6.45, 7) is 5.32. The lowest BCUT2D eigenvalue weighted by atomic mass is 10.0. The number of nitrogens with one attached hydrogen (secondary N) is 1. The van der Waals surface area contributed by atoms with Gasteiger partial charge < -0.3 is 14.8 Å². The van der Waals surface area contributed by atoms with Gasteiger partial charge in [-0.15, -0.1) is 0 Å². The van der Waals surface area contributed by atoms with E-state index in [9.17, 15) is 0 Å². The maximum atomic E-state index is 6.00. The largest absolute Gasteiger partial charge is 0.379 e. The average molecular weight is 285 g/mol. The molecule has 0 radical (unpaired) electrons. The Morgan fingerprint density at radius 2 is 2.10 bits per heavy atom. The highest BCUT2D eigenvalue weighted by molar-refractivity contribution is 5.83. The lowest BCUT2D eigenvalue weighted by Gasteiger charge is -2.21. The van der Waals surface area contributed by atoms with Crippen molar-refractivity contribution in [1.29, 1.82) is 0 Å². The van der Waals surface area contributed by atoms with E-state index in [1.807, 2.05) is 0 Å². The Morgan fingerprint density at radius 3 is 2.86 bits per heavy atom. The van der Waals surface area contributed by atoms with Crippen LogP contribution in [0.1, 0.15) is 24.9 Å². The molecule has 0 saturated carbocycles. The molecule has 3 rings (SSSR count). The van der Waals surface area contributed by atoms with Crippen LogP contribution < -0.4 is 5.32 Å². The fourth-order valence-electron chi connectivity index (χ4n) is 2.82. The van der Waals surface area contributed by atoms with Crippen molar-refractivity contribution in [2.75, 3.05) is 26.4 Å². The van der Waals surface area contributed by atoms with Crippen LogP contribution in [0.3, 0.4) is 0 Å². The average Bonchev–Trinajstić information content (AvgIpc) is 3.04. The Labute approximate surface area is 126 Å². The van der Waals surface area contributed by atoms with Gasteiger partial charge in [0, 0.05) is 6.61 Å². The van der Waals surface area contributed by atoms with Gasteiger partial charge in [0.05, 0.1) is 25.4 Å². The van der Waals surface area contributed by atoms with Gasteiger partial charge in [0.1, 0.15) is 0 Å². The van der Waals surface area contributed by atoms with Crippen molar-refractivity contribution in [2.45, 2.75) is 25.5 Å². The van der Waals surface area contributed by atoms with Gasteiger partial charge >= 0.3 is 0 Å². The molecular weight excluding hydrogens is 262 g/mol. The van der Waals surface area contributed by atoms with E-state index < -0.39 is 0 Å². The molecule has 21 heavy (non-hydrogen) atoms. The fourth-order valence-corrected chi connectivity index (χ4v) is 2.82. The third kappa shape index (κ3) is 3.62. The number of hydrogen-bond acceptors (Lipinski definition) is 3. The number of rotatable bonds is 6. The first-order chi connectivity index (χ1) is 10.4. The van der Waals surface area contributed by atoms with E-state index in [1.165, 1.54) is 16.3 Å². The summed E-state index contributed by atoms with van der Waals surface area (Å²) in [6.07, 6.45) is 1.27. The molecule has 0 spiro atoms. The molecule has 3 heteroatoms. The number of ether oxygens (including phenoxy) is 2. The van der Waals surface area contributed by atoms with Gasteiger partial charge in [-0.2, -0.15) is 0 Å². The summed E-state index contributed by atoms with van der Waals surface area (Å²) >= 11 is 0. The standard InChI is InChI=1S/C18H23NO2/c1-2-19-18(13-21-17-9-10-20-12-17)16-8-7-14-5-3-4-6-15(14)11-16/h3-8,11,17-19H,2,9-10,12-13H2,1H3. The van der Waals surface area contributed by atoms with Gasteiger partial charge in [-0.05, 0) is 35.4 Å². The Hall–Kier alpha value is -1.42. The molecule has 0 aliphatic carbocycles. The predicted octanol–water partition coefficient (Wildman–Crippen LogP) is 3.30. The molecule has 1 N–H and O–H groups in total. The minimum Gasteiger partial charge on any atom is -0.379 e. The third-order valence-corrected chi connectivity index (χ3v) is 4.01. The van der Waals surface area contributed by atoms with Crippen LogP contribution in [0.5, 0.6) is 0 Å². The molecule has 1 fully saturated rings. The summed E-state index contributed by atoms with van der Waals surface area (Å²) in [4.78, 5) is 0. The Balaban J connectivity index is 1.74. The molecule has 0 bridgehead atoms. The first-order valence-electron chi connectivity index (χ1n) is 7.78. The van der Waals surface area contributed by atoms with Crippen molar-refractivity contribution in [1.82, 2.24) is 5.32 Å². The van der Waals surface area contributed by atoms with Crippen molar-refractivity contribution in [3.8, 4) is 0 Å². The van der Waals surface area contributed by atoms with Crippen LogP contribution in [0.4, 0.5) is 0 Å². The normalized spacial score (nSPS) is 20.0. The van der Waals surface area contributed by atoms with Crippen molar-refractivity contribution >= 4 is 10.8 Å². The van der Waals surface area contributed by atoms with E-state index in [4.69, 9.17) is 9.47 Å². The predicted molar refractivity (Wildman–Crippen MR) is 85.5 cm³/mol. The molecule has 0 aromatic heterocycles. The van der Waals surface area contributed by atoms with Crippen LogP contribution in [-0.4, -0.2) is 32.5 Å². The maximum Gasteiger partial charge on any atom is 0.0831 e. The Bertz CT molecular complexity index is 578. The van der Waals surface area contributed by atoms with Crippen LogP contribution >= 0.6 is 0 Å². The van der Waals surface area contributed by atoms with Gasteiger partial charge in [0.15, 0.2) is 0 Å². The van der Waals surface area contributed by atoms with E-state index in [2.05, 4.69) is 54.7 Å². The van der Waals surface area contributed by atoms with Crippen LogP contribution in [0, 0.1) is 0 Å². The zero-order valence-electron chi connectivity index (χ0n) is 12.5. The van der Waals surface area contributed by atoms with Crippen LogP contribution in [0.2, 0.25) is 0 Å². The van der Waals surface area contributed by atoms with E-state index in [0.717, 1.165) is 26.2 Å². The van der Waals surface area contributed by atoms with Crippen molar-refractivity contribution < 1.29 is 9.47 Å². The molecule has 1 heterocycles. The summed E-state index contributed by atoms with van der Waals surface area (Å²) in [5.74, 6) is 0. The molecular formula is C18H23NO2. The van der Waals surface area contributed by atoms with Gasteiger partial charge in [-0.1, -0.05) is 43.3 Å². The smallest absolute Gasteiger partial charge is 0.0831 e. The monoisotopic (exact) mass is 285 g/mol. The molecule has 3 nitrogen and oxygen atoms in total. The lowest BCUT2D eigenvalue weighted by Crippen LogP contribution is -2.28. The summed E-state index contributed by atoms with van der Waals surface area (Å²) in [6, 6.07) is 15.4. The molecule has 1 aliphatic heterocycles. The minimum atomic E-state index is 0.236. The lowest BCUT2D eigenvalue weighted by molar-refractivity contribution is 0.0300. The number of hydrogen-bond donors (Lipinski definition) is 1. The van der Waals surface area contributed by atoms with Gasteiger partial charge in [-0.3, -0.25) is 0 Å². The molecule has 0 amide bonds. The van der Waals surface area contributed by atoms with E-state index in [-0.39, 0.29) is 12.1 Å². The van der Waals surface area contributed by atoms with Gasteiger partial charge in [-0.25, -0.2) is 0 Å². The first kappa shape index (κ1) is 14.5.